The molecule has 170 valence electrons. The van der Waals surface area contributed by atoms with Gasteiger partial charge in [-0.05, 0) is 50.6 Å². The van der Waals surface area contributed by atoms with Gasteiger partial charge in [-0.3, -0.25) is 4.99 Å². The fourth-order valence-electron chi connectivity index (χ4n) is 3.20. The lowest BCUT2D eigenvalue weighted by Crippen LogP contribution is -2.46. The quantitative estimate of drug-likeness (QED) is 0.428. The number of ether oxygens (including phenoxy) is 2. The summed E-state index contributed by atoms with van der Waals surface area (Å²) >= 11 is 0. The summed E-state index contributed by atoms with van der Waals surface area (Å²) in [5, 5.41) is 6.64. The van der Waals surface area contributed by atoms with E-state index in [4.69, 9.17) is 9.47 Å². The van der Waals surface area contributed by atoms with Crippen LogP contribution in [0.2, 0.25) is 0 Å². The molecule has 2 N–H and O–H groups in total. The minimum Gasteiger partial charge on any atom is -0.497 e. The SMILES string of the molecule is CCN=C(NC(CC)CS(=O)(=O)c1ccccc1)NC(C)c1cc(OC)ccc1OC. The molecule has 31 heavy (non-hydrogen) atoms. The number of guanidine groups is 1. The molecule has 0 amide bonds. The zero-order valence-corrected chi connectivity index (χ0v) is 19.7. The average Bonchev–Trinajstić information content (AvgIpc) is 2.78. The predicted octanol–water partition coefficient (Wildman–Crippen LogP) is 3.57. The van der Waals surface area contributed by atoms with E-state index >= 15 is 0 Å². The molecule has 0 spiro atoms. The van der Waals surface area contributed by atoms with Gasteiger partial charge in [0.1, 0.15) is 11.5 Å². The Labute approximate surface area is 185 Å². The molecule has 2 rings (SSSR count). The lowest BCUT2D eigenvalue weighted by Gasteiger charge is -2.24. The maximum atomic E-state index is 12.8. The first kappa shape index (κ1) is 24.5. The molecule has 7 nitrogen and oxygen atoms in total. The normalized spacial score (nSPS) is 13.9. The summed E-state index contributed by atoms with van der Waals surface area (Å²) in [6, 6.07) is 13.7. The Hall–Kier alpha value is -2.74. The zero-order valence-electron chi connectivity index (χ0n) is 18.9. The van der Waals surface area contributed by atoms with E-state index in [0.717, 1.165) is 17.1 Å². The van der Waals surface area contributed by atoms with Crippen molar-refractivity contribution in [3.63, 3.8) is 0 Å². The molecule has 0 saturated carbocycles. The average molecular weight is 448 g/mol. The number of hydrogen-bond donors (Lipinski definition) is 2. The minimum atomic E-state index is -3.41. The Balaban J connectivity index is 2.17. The Kier molecular flexibility index (Phi) is 9.18. The van der Waals surface area contributed by atoms with Gasteiger partial charge in [-0.1, -0.05) is 25.1 Å². The van der Waals surface area contributed by atoms with Crippen molar-refractivity contribution >= 4 is 15.8 Å². The van der Waals surface area contributed by atoms with Crippen molar-refractivity contribution < 1.29 is 17.9 Å². The summed E-state index contributed by atoms with van der Waals surface area (Å²) in [7, 11) is -0.171. The third-order valence-corrected chi connectivity index (χ3v) is 6.76. The Morgan fingerprint density at radius 1 is 1.03 bits per heavy atom. The molecule has 2 aromatic carbocycles. The van der Waals surface area contributed by atoms with Crippen LogP contribution in [0, 0.1) is 0 Å². The van der Waals surface area contributed by atoms with Crippen molar-refractivity contribution in [3.05, 3.63) is 54.1 Å². The van der Waals surface area contributed by atoms with Crippen molar-refractivity contribution in [2.24, 2.45) is 4.99 Å². The summed E-state index contributed by atoms with van der Waals surface area (Å²) in [5.41, 5.74) is 0.914. The van der Waals surface area contributed by atoms with Crippen molar-refractivity contribution in [2.45, 2.75) is 44.2 Å². The standard InChI is InChI=1S/C23H33N3O4S/c1-6-18(16-31(27,28)20-11-9-8-10-12-20)26-23(24-7-2)25-17(3)21-15-19(29-4)13-14-22(21)30-5/h8-15,17-18H,6-7,16H2,1-5H3,(H2,24,25,26). The highest BCUT2D eigenvalue weighted by atomic mass is 32.2. The highest BCUT2D eigenvalue weighted by Gasteiger charge is 2.22. The molecule has 2 unspecified atom stereocenters. The molecule has 0 radical (unpaired) electrons. The van der Waals surface area contributed by atoms with Crippen LogP contribution >= 0.6 is 0 Å². The second-order valence-corrected chi connectivity index (χ2v) is 9.18. The number of methoxy groups -OCH3 is 2. The van der Waals surface area contributed by atoms with E-state index < -0.39 is 9.84 Å². The Bertz CT molecular complexity index is 962. The van der Waals surface area contributed by atoms with Crippen LogP contribution in [0.5, 0.6) is 11.5 Å². The van der Waals surface area contributed by atoms with E-state index in [0.29, 0.717) is 23.8 Å². The van der Waals surface area contributed by atoms with Crippen LogP contribution in [0.25, 0.3) is 0 Å². The monoisotopic (exact) mass is 447 g/mol. The lowest BCUT2D eigenvalue weighted by atomic mass is 10.1. The van der Waals surface area contributed by atoms with Gasteiger partial charge >= 0.3 is 0 Å². The van der Waals surface area contributed by atoms with Gasteiger partial charge in [0.2, 0.25) is 0 Å². The van der Waals surface area contributed by atoms with Gasteiger partial charge in [-0.15, -0.1) is 0 Å². The van der Waals surface area contributed by atoms with Gasteiger partial charge in [0.15, 0.2) is 15.8 Å². The van der Waals surface area contributed by atoms with E-state index in [1.807, 2.05) is 39.0 Å². The molecular weight excluding hydrogens is 414 g/mol. The first-order valence-electron chi connectivity index (χ1n) is 10.4. The van der Waals surface area contributed by atoms with Crippen LogP contribution in [0.15, 0.2) is 58.4 Å². The van der Waals surface area contributed by atoms with Crippen molar-refractivity contribution in [1.82, 2.24) is 10.6 Å². The molecule has 0 aliphatic heterocycles. The third-order valence-electron chi connectivity index (χ3n) is 4.93. The van der Waals surface area contributed by atoms with E-state index in [1.165, 1.54) is 0 Å². The zero-order chi connectivity index (χ0) is 22.9. The summed E-state index contributed by atoms with van der Waals surface area (Å²) in [5.74, 6) is 1.99. The van der Waals surface area contributed by atoms with Crippen molar-refractivity contribution in [2.75, 3.05) is 26.5 Å². The Morgan fingerprint density at radius 2 is 1.74 bits per heavy atom. The fourth-order valence-corrected chi connectivity index (χ4v) is 4.81. The van der Waals surface area contributed by atoms with Crippen LogP contribution in [-0.2, 0) is 9.84 Å². The summed E-state index contributed by atoms with van der Waals surface area (Å²) in [6.07, 6.45) is 0.632. The van der Waals surface area contributed by atoms with Gasteiger partial charge < -0.3 is 20.1 Å². The van der Waals surface area contributed by atoms with Gasteiger partial charge in [0.05, 0.1) is 30.9 Å². The first-order chi connectivity index (χ1) is 14.8. The molecule has 0 fully saturated rings. The highest BCUT2D eigenvalue weighted by molar-refractivity contribution is 7.91. The summed E-state index contributed by atoms with van der Waals surface area (Å²) in [6.45, 7) is 6.43. The van der Waals surface area contributed by atoms with Crippen LogP contribution in [-0.4, -0.2) is 46.9 Å². The third kappa shape index (κ3) is 6.89. The highest BCUT2D eigenvalue weighted by Crippen LogP contribution is 2.29. The minimum absolute atomic E-state index is 0.0191. The van der Waals surface area contributed by atoms with Gasteiger partial charge in [0.25, 0.3) is 0 Å². The smallest absolute Gasteiger partial charge is 0.191 e. The molecule has 0 bridgehead atoms. The topological polar surface area (TPSA) is 89.0 Å². The van der Waals surface area contributed by atoms with Gasteiger partial charge in [-0.25, -0.2) is 8.42 Å². The Morgan fingerprint density at radius 3 is 2.32 bits per heavy atom. The number of rotatable bonds is 10. The second-order valence-electron chi connectivity index (χ2n) is 7.14. The van der Waals surface area contributed by atoms with Crippen LogP contribution in [0.1, 0.15) is 38.8 Å². The number of nitrogens with one attached hydrogen (secondary N) is 2. The van der Waals surface area contributed by atoms with Crippen LogP contribution in [0.3, 0.4) is 0 Å². The number of sulfone groups is 1. The van der Waals surface area contributed by atoms with E-state index in [2.05, 4.69) is 15.6 Å². The summed E-state index contributed by atoms with van der Waals surface area (Å²) in [4.78, 5) is 4.83. The maximum Gasteiger partial charge on any atom is 0.191 e. The van der Waals surface area contributed by atoms with E-state index in [1.54, 1.807) is 44.6 Å². The van der Waals surface area contributed by atoms with Crippen LogP contribution in [0.4, 0.5) is 0 Å². The molecule has 0 aliphatic rings. The molecule has 2 aromatic rings. The second kappa shape index (κ2) is 11.6. The largest absolute Gasteiger partial charge is 0.497 e. The molecule has 2 atom stereocenters. The molecule has 0 aliphatic carbocycles. The first-order valence-corrected chi connectivity index (χ1v) is 12.1. The van der Waals surface area contributed by atoms with E-state index in [9.17, 15) is 8.42 Å². The van der Waals surface area contributed by atoms with Crippen molar-refractivity contribution in [3.8, 4) is 11.5 Å². The number of hydrogen-bond acceptors (Lipinski definition) is 5. The number of nitrogens with zero attached hydrogens (tertiary/aromatic N) is 1. The number of benzene rings is 2. The van der Waals surface area contributed by atoms with Crippen molar-refractivity contribution in [1.29, 1.82) is 0 Å². The van der Waals surface area contributed by atoms with Gasteiger partial charge in [-0.2, -0.15) is 0 Å². The molecule has 8 heteroatoms. The van der Waals surface area contributed by atoms with Crippen LogP contribution < -0.4 is 20.1 Å². The predicted molar refractivity (Wildman–Crippen MR) is 125 cm³/mol. The van der Waals surface area contributed by atoms with E-state index in [-0.39, 0.29) is 17.8 Å². The lowest BCUT2D eigenvalue weighted by molar-refractivity contribution is 0.394. The summed E-state index contributed by atoms with van der Waals surface area (Å²) < 4.78 is 36.4. The van der Waals surface area contributed by atoms with Gasteiger partial charge in [0, 0.05) is 18.2 Å². The molecule has 0 heterocycles. The maximum absolute atomic E-state index is 12.8. The number of aliphatic imine (C=N–C) groups is 1. The molecular formula is C23H33N3O4S. The fraction of sp³-hybridized carbons (Fsp3) is 0.435. The molecule has 0 saturated heterocycles. The molecule has 0 aromatic heterocycles.